The van der Waals surface area contributed by atoms with E-state index in [-0.39, 0.29) is 18.2 Å². The van der Waals surface area contributed by atoms with E-state index >= 15 is 0 Å². The smallest absolute Gasteiger partial charge is 0.471 e. The number of carbonyl (C=O) groups excluding carboxylic acids is 1. The average molecular weight is 361 g/mol. The predicted molar refractivity (Wildman–Crippen MR) is 88.4 cm³/mol. The van der Waals surface area contributed by atoms with Crippen molar-refractivity contribution in [3.8, 4) is 5.75 Å². The molecular weight excluding hydrogens is 339 g/mol. The zero-order valence-electron chi connectivity index (χ0n) is 13.9. The number of rotatable bonds is 3. The van der Waals surface area contributed by atoms with Crippen molar-refractivity contribution in [2.45, 2.75) is 50.1 Å². The van der Waals surface area contributed by atoms with Gasteiger partial charge in [-0.3, -0.25) is 4.79 Å². The van der Waals surface area contributed by atoms with Crippen LogP contribution >= 0.6 is 12.6 Å². The summed E-state index contributed by atoms with van der Waals surface area (Å²) >= 11 is 4.24. The Morgan fingerprint density at radius 1 is 1.42 bits per heavy atom. The maximum atomic E-state index is 12.3. The van der Waals surface area contributed by atoms with Crippen molar-refractivity contribution >= 4 is 18.5 Å². The minimum absolute atomic E-state index is 0.0596. The van der Waals surface area contributed by atoms with Gasteiger partial charge in [0, 0.05) is 11.4 Å². The molecule has 3 nitrogen and oxygen atoms in total. The molecule has 0 fully saturated rings. The number of hydrogen-bond donors (Lipinski definition) is 3. The van der Waals surface area contributed by atoms with Gasteiger partial charge in [0.25, 0.3) is 0 Å². The Morgan fingerprint density at radius 3 is 2.62 bits per heavy atom. The summed E-state index contributed by atoms with van der Waals surface area (Å²) in [6, 6.07) is 3.48. The molecule has 0 radical (unpaired) electrons. The van der Waals surface area contributed by atoms with Gasteiger partial charge < -0.3 is 10.4 Å². The lowest BCUT2D eigenvalue weighted by atomic mass is 9.59. The second-order valence-electron chi connectivity index (χ2n) is 6.89. The molecule has 0 unspecified atom stereocenters. The van der Waals surface area contributed by atoms with Gasteiger partial charge in [-0.05, 0) is 53.4 Å². The Labute approximate surface area is 145 Å². The second-order valence-corrected chi connectivity index (χ2v) is 7.37. The fraction of sp³-hybridized carbons (Fsp3) is 0.588. The molecule has 1 aliphatic rings. The van der Waals surface area contributed by atoms with Crippen molar-refractivity contribution in [2.75, 3.05) is 6.54 Å². The van der Waals surface area contributed by atoms with Crippen LogP contribution in [0.2, 0.25) is 0 Å². The SMILES string of the molecule is C[C@@H]1Cc2cc(S)c(O)cc2[C@](C)(CCNC(=O)C(F)(F)F)[C@@H]1C. The van der Waals surface area contributed by atoms with Gasteiger partial charge in [-0.1, -0.05) is 20.8 Å². The van der Waals surface area contributed by atoms with Gasteiger partial charge >= 0.3 is 12.1 Å². The molecule has 2 N–H and O–H groups in total. The third-order valence-corrected chi connectivity index (χ3v) is 5.76. The van der Waals surface area contributed by atoms with E-state index < -0.39 is 17.5 Å². The average Bonchev–Trinajstić information content (AvgIpc) is 2.47. The molecule has 1 aromatic rings. The highest BCUT2D eigenvalue weighted by atomic mass is 32.1. The van der Waals surface area contributed by atoms with E-state index in [0.29, 0.717) is 17.2 Å². The number of fused-ring (bicyclic) bond motifs is 1. The van der Waals surface area contributed by atoms with Crippen LogP contribution in [-0.4, -0.2) is 23.7 Å². The van der Waals surface area contributed by atoms with Crippen molar-refractivity contribution in [3.05, 3.63) is 23.3 Å². The lowest BCUT2D eigenvalue weighted by molar-refractivity contribution is -0.173. The highest BCUT2D eigenvalue weighted by molar-refractivity contribution is 7.80. The maximum absolute atomic E-state index is 12.3. The number of halogens is 3. The molecule has 2 rings (SSSR count). The summed E-state index contributed by atoms with van der Waals surface area (Å²) in [5.74, 6) is -1.34. The first-order chi connectivity index (χ1) is 11.0. The summed E-state index contributed by atoms with van der Waals surface area (Å²) in [5, 5.41) is 11.9. The summed E-state index contributed by atoms with van der Waals surface area (Å²) in [4.78, 5) is 11.5. The summed E-state index contributed by atoms with van der Waals surface area (Å²) in [6.45, 7) is 6.06. The standard InChI is InChI=1S/C17H22F3NO2S/c1-9-6-11-7-14(24)13(22)8-12(11)16(3,10(9)2)4-5-21-15(23)17(18,19)20/h7-10,22,24H,4-6H2,1-3H3,(H,21,23)/t9-,10-,16-/m1/s1. The van der Waals surface area contributed by atoms with Gasteiger partial charge in [0.2, 0.25) is 0 Å². The van der Waals surface area contributed by atoms with Gasteiger partial charge in [0.1, 0.15) is 5.75 Å². The molecule has 7 heteroatoms. The van der Waals surface area contributed by atoms with E-state index in [2.05, 4.69) is 26.5 Å². The topological polar surface area (TPSA) is 49.3 Å². The van der Waals surface area contributed by atoms with Crippen LogP contribution in [0.4, 0.5) is 13.2 Å². The van der Waals surface area contributed by atoms with Crippen LogP contribution in [0.5, 0.6) is 5.75 Å². The molecule has 0 spiro atoms. The van der Waals surface area contributed by atoms with Gasteiger partial charge in [0.15, 0.2) is 0 Å². The lowest BCUT2D eigenvalue weighted by Crippen LogP contribution is -2.44. The van der Waals surface area contributed by atoms with E-state index in [9.17, 15) is 23.1 Å². The number of thiol groups is 1. The molecule has 0 aliphatic heterocycles. The Balaban J connectivity index is 2.27. The van der Waals surface area contributed by atoms with Gasteiger partial charge in [-0.15, -0.1) is 12.6 Å². The summed E-state index contributed by atoms with van der Waals surface area (Å²) in [6.07, 6.45) is -3.68. The molecular formula is C17H22F3NO2S. The number of hydrogen-bond acceptors (Lipinski definition) is 3. The molecule has 3 atom stereocenters. The largest absolute Gasteiger partial charge is 0.507 e. The Morgan fingerprint density at radius 2 is 2.04 bits per heavy atom. The second kappa shape index (κ2) is 6.50. The molecule has 0 aromatic heterocycles. The zero-order valence-corrected chi connectivity index (χ0v) is 14.8. The number of benzene rings is 1. The highest BCUT2D eigenvalue weighted by Crippen LogP contribution is 2.48. The van der Waals surface area contributed by atoms with Gasteiger partial charge in [-0.25, -0.2) is 0 Å². The number of alkyl halides is 3. The van der Waals surface area contributed by atoms with Crippen LogP contribution < -0.4 is 5.32 Å². The molecule has 1 aromatic carbocycles. The van der Waals surface area contributed by atoms with Crippen LogP contribution in [-0.2, 0) is 16.6 Å². The van der Waals surface area contributed by atoms with E-state index in [1.165, 1.54) is 0 Å². The molecule has 1 amide bonds. The quantitative estimate of drug-likeness (QED) is 0.717. The Kier molecular flexibility index (Phi) is 5.14. The number of phenolic OH excluding ortho intramolecular Hbond substituents is 1. The zero-order chi connectivity index (χ0) is 18.3. The summed E-state index contributed by atoms with van der Waals surface area (Å²) < 4.78 is 37.0. The number of aromatic hydroxyl groups is 1. The molecule has 0 bridgehead atoms. The van der Waals surface area contributed by atoms with Crippen LogP contribution in [0, 0.1) is 11.8 Å². The van der Waals surface area contributed by atoms with Crippen LogP contribution in [0.15, 0.2) is 17.0 Å². The number of phenols is 1. The van der Waals surface area contributed by atoms with Crippen LogP contribution in [0.25, 0.3) is 0 Å². The third kappa shape index (κ3) is 3.50. The normalized spacial score (nSPS) is 26.8. The first-order valence-corrected chi connectivity index (χ1v) is 8.32. The van der Waals surface area contributed by atoms with Crippen LogP contribution in [0.3, 0.4) is 0 Å². The van der Waals surface area contributed by atoms with Crippen molar-refractivity contribution < 1.29 is 23.1 Å². The minimum atomic E-state index is -4.87. The molecule has 24 heavy (non-hydrogen) atoms. The van der Waals surface area contributed by atoms with E-state index in [1.54, 1.807) is 6.07 Å². The maximum Gasteiger partial charge on any atom is 0.471 e. The Bertz CT molecular complexity index is 647. The molecule has 0 saturated heterocycles. The molecule has 1 aliphatic carbocycles. The third-order valence-electron chi connectivity index (χ3n) is 5.40. The first-order valence-electron chi connectivity index (χ1n) is 7.87. The number of carbonyl (C=O) groups is 1. The molecule has 134 valence electrons. The van der Waals surface area contributed by atoms with Gasteiger partial charge in [-0.2, -0.15) is 13.2 Å². The van der Waals surface area contributed by atoms with Crippen molar-refractivity contribution in [1.82, 2.24) is 5.32 Å². The van der Waals surface area contributed by atoms with Crippen molar-refractivity contribution in [2.24, 2.45) is 11.8 Å². The van der Waals surface area contributed by atoms with E-state index in [4.69, 9.17) is 0 Å². The number of amides is 1. The predicted octanol–water partition coefficient (Wildman–Crippen LogP) is 3.84. The molecule has 0 heterocycles. The van der Waals surface area contributed by atoms with E-state index in [1.807, 2.05) is 18.3 Å². The first kappa shape index (κ1) is 19.0. The minimum Gasteiger partial charge on any atom is -0.507 e. The monoisotopic (exact) mass is 361 g/mol. The summed E-state index contributed by atoms with van der Waals surface area (Å²) in [5.41, 5.74) is 1.53. The Hall–Kier alpha value is -1.37. The number of nitrogens with one attached hydrogen (secondary N) is 1. The van der Waals surface area contributed by atoms with Crippen molar-refractivity contribution in [1.29, 1.82) is 0 Å². The fourth-order valence-corrected chi connectivity index (χ4v) is 3.84. The van der Waals surface area contributed by atoms with Crippen molar-refractivity contribution in [3.63, 3.8) is 0 Å². The van der Waals surface area contributed by atoms with E-state index in [0.717, 1.165) is 17.5 Å². The van der Waals surface area contributed by atoms with Crippen LogP contribution in [0.1, 0.15) is 38.3 Å². The lowest BCUT2D eigenvalue weighted by Gasteiger charge is -2.45. The fourth-order valence-electron chi connectivity index (χ4n) is 3.62. The summed E-state index contributed by atoms with van der Waals surface area (Å²) in [7, 11) is 0. The van der Waals surface area contributed by atoms with Gasteiger partial charge in [0.05, 0.1) is 0 Å². The molecule has 0 saturated carbocycles. The highest BCUT2D eigenvalue weighted by Gasteiger charge is 2.43.